The summed E-state index contributed by atoms with van der Waals surface area (Å²) >= 11 is 2.97. The van der Waals surface area contributed by atoms with E-state index in [1.807, 2.05) is 0 Å². The Morgan fingerprint density at radius 3 is 3.00 bits per heavy atom. The van der Waals surface area contributed by atoms with E-state index in [0.29, 0.717) is 0 Å². The Bertz CT molecular complexity index is 330. The lowest BCUT2D eigenvalue weighted by Crippen LogP contribution is -2.08. The Morgan fingerprint density at radius 2 is 2.38 bits per heavy atom. The van der Waals surface area contributed by atoms with E-state index in [-0.39, 0.29) is 22.7 Å². The maximum atomic E-state index is 11.2. The van der Waals surface area contributed by atoms with Crippen molar-refractivity contribution in [3.63, 3.8) is 0 Å². The minimum Gasteiger partial charge on any atom is -0.492 e. The molecule has 1 rings (SSSR count). The van der Waals surface area contributed by atoms with Crippen LogP contribution in [0.2, 0.25) is 0 Å². The van der Waals surface area contributed by atoms with Crippen LogP contribution < -0.4 is 0 Å². The molecule has 0 saturated carbocycles. The zero-order valence-corrected chi connectivity index (χ0v) is 8.41. The van der Waals surface area contributed by atoms with Crippen LogP contribution in [-0.2, 0) is 4.74 Å². The molecule has 0 bridgehead atoms. The van der Waals surface area contributed by atoms with E-state index in [0.717, 1.165) is 6.33 Å². The van der Waals surface area contributed by atoms with Crippen molar-refractivity contribution in [2.75, 3.05) is 6.61 Å². The fourth-order valence-electron chi connectivity index (χ4n) is 0.702. The second-order valence-electron chi connectivity index (χ2n) is 2.08. The van der Waals surface area contributed by atoms with Crippen molar-refractivity contribution < 1.29 is 14.6 Å². The van der Waals surface area contributed by atoms with Gasteiger partial charge >= 0.3 is 5.97 Å². The van der Waals surface area contributed by atoms with E-state index in [4.69, 9.17) is 9.84 Å². The smallest absolute Gasteiger partial charge is 0.358 e. The van der Waals surface area contributed by atoms with Crippen molar-refractivity contribution in [2.24, 2.45) is 0 Å². The number of esters is 1. The predicted molar refractivity (Wildman–Crippen MR) is 47.4 cm³/mol. The first-order valence-corrected chi connectivity index (χ1v) is 4.32. The van der Waals surface area contributed by atoms with Crippen LogP contribution in [0.4, 0.5) is 0 Å². The average Bonchev–Trinajstić information content (AvgIpc) is 2.10. The van der Waals surface area contributed by atoms with E-state index in [9.17, 15) is 4.79 Å². The Kier molecular flexibility index (Phi) is 3.18. The Hall–Kier alpha value is -1.17. The normalized spacial score (nSPS) is 9.69. The monoisotopic (exact) mass is 246 g/mol. The van der Waals surface area contributed by atoms with Crippen LogP contribution in [0.1, 0.15) is 17.4 Å². The molecule has 0 aromatic carbocycles. The van der Waals surface area contributed by atoms with Crippen molar-refractivity contribution in [1.29, 1.82) is 0 Å². The number of hydrogen-bond acceptors (Lipinski definition) is 5. The molecule has 0 amide bonds. The lowest BCUT2D eigenvalue weighted by atomic mass is 10.4. The van der Waals surface area contributed by atoms with Gasteiger partial charge in [0, 0.05) is 0 Å². The molecule has 0 saturated heterocycles. The number of aromatic nitrogens is 2. The van der Waals surface area contributed by atoms with Crippen LogP contribution in [0.15, 0.2) is 10.8 Å². The minimum absolute atomic E-state index is 0.0225. The lowest BCUT2D eigenvalue weighted by Gasteiger charge is -2.02. The molecule has 0 radical (unpaired) electrons. The molecule has 1 aromatic heterocycles. The quantitative estimate of drug-likeness (QED) is 0.793. The van der Waals surface area contributed by atoms with E-state index >= 15 is 0 Å². The molecular formula is C7H7BrN2O3. The first-order chi connectivity index (χ1) is 6.16. The molecule has 6 heteroatoms. The first-order valence-electron chi connectivity index (χ1n) is 3.53. The van der Waals surface area contributed by atoms with Gasteiger partial charge in [0.25, 0.3) is 0 Å². The largest absolute Gasteiger partial charge is 0.492 e. The zero-order chi connectivity index (χ0) is 9.84. The molecule has 0 unspecified atom stereocenters. The number of rotatable bonds is 2. The highest BCUT2D eigenvalue weighted by Gasteiger charge is 2.15. The van der Waals surface area contributed by atoms with E-state index < -0.39 is 5.97 Å². The molecule has 0 fully saturated rings. The van der Waals surface area contributed by atoms with Gasteiger partial charge in [-0.1, -0.05) is 0 Å². The van der Waals surface area contributed by atoms with Crippen molar-refractivity contribution in [3.05, 3.63) is 16.5 Å². The number of aromatic hydroxyl groups is 1. The van der Waals surface area contributed by atoms with Gasteiger partial charge < -0.3 is 9.84 Å². The summed E-state index contributed by atoms with van der Waals surface area (Å²) in [5.74, 6) is -0.870. The summed E-state index contributed by atoms with van der Waals surface area (Å²) in [7, 11) is 0. The van der Waals surface area contributed by atoms with Crippen molar-refractivity contribution >= 4 is 21.9 Å². The van der Waals surface area contributed by atoms with Gasteiger partial charge in [0.05, 0.1) is 6.61 Å². The number of carbonyl (C=O) groups excluding carboxylic acids is 1. The summed E-state index contributed by atoms with van der Waals surface area (Å²) in [6.07, 6.45) is 1.09. The Balaban J connectivity index is 3.01. The van der Waals surface area contributed by atoms with E-state index in [1.54, 1.807) is 6.92 Å². The summed E-state index contributed by atoms with van der Waals surface area (Å²) in [5, 5.41) is 9.11. The van der Waals surface area contributed by atoms with Crippen molar-refractivity contribution in [3.8, 4) is 5.88 Å². The average molecular weight is 247 g/mol. The Labute approximate surface area is 82.9 Å². The fourth-order valence-corrected chi connectivity index (χ4v) is 1.07. The summed E-state index contributed by atoms with van der Waals surface area (Å²) in [5.41, 5.74) is 0.0225. The van der Waals surface area contributed by atoms with Crippen LogP contribution in [-0.4, -0.2) is 27.7 Å². The maximum absolute atomic E-state index is 11.2. The number of nitrogens with zero attached hydrogens (tertiary/aromatic N) is 2. The fraction of sp³-hybridized carbons (Fsp3) is 0.286. The third-order valence-electron chi connectivity index (χ3n) is 1.24. The molecule has 0 spiro atoms. The van der Waals surface area contributed by atoms with Crippen LogP contribution >= 0.6 is 15.9 Å². The summed E-state index contributed by atoms with van der Waals surface area (Å²) in [6.45, 7) is 1.95. The predicted octanol–water partition coefficient (Wildman–Crippen LogP) is 1.12. The summed E-state index contributed by atoms with van der Waals surface area (Å²) in [6, 6.07) is 0. The van der Waals surface area contributed by atoms with Crippen LogP contribution in [0.5, 0.6) is 5.88 Å². The molecular weight excluding hydrogens is 240 g/mol. The standard InChI is InChI=1S/C7H7BrN2O3/c1-2-13-7(12)5-4(8)6(11)10-3-9-5/h3H,2H2,1H3,(H,9,10,11). The highest BCUT2D eigenvalue weighted by atomic mass is 79.9. The van der Waals surface area contributed by atoms with Crippen molar-refractivity contribution in [1.82, 2.24) is 9.97 Å². The highest BCUT2D eigenvalue weighted by molar-refractivity contribution is 9.10. The first kappa shape index (κ1) is 9.91. The molecule has 0 aliphatic carbocycles. The molecule has 0 aliphatic rings. The third-order valence-corrected chi connectivity index (χ3v) is 1.97. The van der Waals surface area contributed by atoms with Crippen LogP contribution in [0.25, 0.3) is 0 Å². The molecule has 1 N–H and O–H groups in total. The van der Waals surface area contributed by atoms with Gasteiger partial charge in [-0.3, -0.25) is 0 Å². The molecule has 5 nitrogen and oxygen atoms in total. The van der Waals surface area contributed by atoms with Crippen molar-refractivity contribution in [2.45, 2.75) is 6.92 Å². The summed E-state index contributed by atoms with van der Waals surface area (Å²) < 4.78 is 4.84. The molecule has 0 aliphatic heterocycles. The van der Waals surface area contributed by atoms with Gasteiger partial charge in [-0.25, -0.2) is 14.8 Å². The van der Waals surface area contributed by atoms with E-state index in [2.05, 4.69) is 25.9 Å². The highest BCUT2D eigenvalue weighted by Crippen LogP contribution is 2.23. The summed E-state index contributed by atoms with van der Waals surface area (Å²) in [4.78, 5) is 18.3. The SMILES string of the molecule is CCOC(=O)c1ncnc(O)c1Br. The maximum Gasteiger partial charge on any atom is 0.358 e. The topological polar surface area (TPSA) is 72.3 Å². The minimum atomic E-state index is -0.591. The van der Waals surface area contributed by atoms with Crippen LogP contribution in [0.3, 0.4) is 0 Å². The lowest BCUT2D eigenvalue weighted by molar-refractivity contribution is 0.0517. The van der Waals surface area contributed by atoms with Gasteiger partial charge in [0.1, 0.15) is 10.8 Å². The van der Waals surface area contributed by atoms with Gasteiger partial charge in [-0.2, -0.15) is 0 Å². The number of halogens is 1. The van der Waals surface area contributed by atoms with Gasteiger partial charge in [0.15, 0.2) is 5.69 Å². The third kappa shape index (κ3) is 2.15. The molecule has 70 valence electrons. The van der Waals surface area contributed by atoms with Gasteiger partial charge in [0.2, 0.25) is 5.88 Å². The molecule has 1 heterocycles. The number of carbonyl (C=O) groups is 1. The van der Waals surface area contributed by atoms with Crippen LogP contribution in [0, 0.1) is 0 Å². The van der Waals surface area contributed by atoms with Gasteiger partial charge in [-0.15, -0.1) is 0 Å². The number of ether oxygens (including phenoxy) is 1. The zero-order valence-electron chi connectivity index (χ0n) is 6.82. The van der Waals surface area contributed by atoms with Gasteiger partial charge in [-0.05, 0) is 22.9 Å². The number of hydrogen-bond donors (Lipinski definition) is 1. The molecule has 1 aromatic rings. The molecule has 0 atom stereocenters. The van der Waals surface area contributed by atoms with E-state index in [1.165, 1.54) is 0 Å². The second kappa shape index (κ2) is 4.18. The molecule has 13 heavy (non-hydrogen) atoms. The Morgan fingerprint density at radius 1 is 1.69 bits per heavy atom. The second-order valence-corrected chi connectivity index (χ2v) is 2.87.